The summed E-state index contributed by atoms with van der Waals surface area (Å²) in [7, 11) is 0. The Bertz CT molecular complexity index is 1070. The highest BCUT2D eigenvalue weighted by Crippen LogP contribution is 2.30. The Morgan fingerprint density at radius 3 is 2.38 bits per heavy atom. The summed E-state index contributed by atoms with van der Waals surface area (Å²) in [5, 5.41) is 21.1. The SMILES string of the molecule is Cc1nc(-c2cccc(-c3ccoc3)c2)cc2cc(CO)c(CO)cc12. The van der Waals surface area contributed by atoms with Gasteiger partial charge in [0.2, 0.25) is 0 Å². The second-order valence-corrected chi connectivity index (χ2v) is 6.34. The minimum Gasteiger partial charge on any atom is -0.472 e. The molecule has 0 saturated carbocycles. The average molecular weight is 345 g/mol. The number of aromatic nitrogens is 1. The molecule has 0 spiro atoms. The molecule has 4 nitrogen and oxygen atoms in total. The Morgan fingerprint density at radius 2 is 1.65 bits per heavy atom. The van der Waals surface area contributed by atoms with Crippen LogP contribution in [0.25, 0.3) is 33.2 Å². The monoisotopic (exact) mass is 345 g/mol. The first-order valence-corrected chi connectivity index (χ1v) is 8.47. The molecular weight excluding hydrogens is 326 g/mol. The molecule has 26 heavy (non-hydrogen) atoms. The van der Waals surface area contributed by atoms with Gasteiger partial charge in [0, 0.05) is 22.2 Å². The highest BCUT2D eigenvalue weighted by molar-refractivity contribution is 5.89. The maximum absolute atomic E-state index is 9.57. The van der Waals surface area contributed by atoms with E-state index in [4.69, 9.17) is 9.40 Å². The van der Waals surface area contributed by atoms with Crippen molar-refractivity contribution in [2.45, 2.75) is 20.1 Å². The number of nitrogens with zero attached hydrogens (tertiary/aromatic N) is 1. The van der Waals surface area contributed by atoms with Crippen molar-refractivity contribution >= 4 is 10.8 Å². The zero-order valence-electron chi connectivity index (χ0n) is 14.4. The predicted octanol–water partition coefficient (Wildman–Crippen LogP) is 4.45. The van der Waals surface area contributed by atoms with Crippen LogP contribution in [0.5, 0.6) is 0 Å². The third kappa shape index (κ3) is 2.90. The minimum absolute atomic E-state index is 0.0975. The van der Waals surface area contributed by atoms with Crippen molar-refractivity contribution in [3.05, 3.63) is 77.9 Å². The standard InChI is InChI=1S/C22H19NO3/c1-14-21-9-20(12-25)19(11-24)8-18(21)10-22(23-14)16-4-2-3-15(7-16)17-5-6-26-13-17/h2-10,13,24-25H,11-12H2,1H3. The van der Waals surface area contributed by atoms with Crippen molar-refractivity contribution in [1.29, 1.82) is 0 Å². The molecule has 4 rings (SSSR count). The number of rotatable bonds is 4. The first-order valence-electron chi connectivity index (χ1n) is 8.47. The van der Waals surface area contributed by atoms with Gasteiger partial charge < -0.3 is 14.6 Å². The highest BCUT2D eigenvalue weighted by atomic mass is 16.3. The van der Waals surface area contributed by atoms with Crippen LogP contribution in [0, 0.1) is 6.92 Å². The molecule has 4 aromatic rings. The van der Waals surface area contributed by atoms with Crippen LogP contribution < -0.4 is 0 Å². The lowest BCUT2D eigenvalue weighted by Gasteiger charge is -2.12. The molecule has 0 radical (unpaired) electrons. The lowest BCUT2D eigenvalue weighted by molar-refractivity contribution is 0.260. The van der Waals surface area contributed by atoms with E-state index in [9.17, 15) is 10.2 Å². The smallest absolute Gasteiger partial charge is 0.0980 e. The van der Waals surface area contributed by atoms with Crippen LogP contribution in [-0.2, 0) is 13.2 Å². The molecule has 0 atom stereocenters. The lowest BCUT2D eigenvalue weighted by Crippen LogP contribution is -1.97. The van der Waals surface area contributed by atoms with Crippen LogP contribution in [0.3, 0.4) is 0 Å². The number of furan rings is 1. The Morgan fingerprint density at radius 1 is 0.885 bits per heavy atom. The van der Waals surface area contributed by atoms with Gasteiger partial charge in [0.05, 0.1) is 31.4 Å². The molecule has 2 heterocycles. The van der Waals surface area contributed by atoms with Crippen LogP contribution in [0.1, 0.15) is 16.8 Å². The van der Waals surface area contributed by atoms with E-state index < -0.39 is 0 Å². The summed E-state index contributed by atoms with van der Waals surface area (Å²) in [6.07, 6.45) is 3.39. The van der Waals surface area contributed by atoms with E-state index in [1.807, 2.05) is 49.4 Å². The van der Waals surface area contributed by atoms with Gasteiger partial charge in [-0.15, -0.1) is 0 Å². The number of hydrogen-bond donors (Lipinski definition) is 2. The topological polar surface area (TPSA) is 66.5 Å². The molecular formula is C22H19NO3. The number of benzene rings is 2. The van der Waals surface area contributed by atoms with Gasteiger partial charge in [0.25, 0.3) is 0 Å². The van der Waals surface area contributed by atoms with Gasteiger partial charge >= 0.3 is 0 Å². The summed E-state index contributed by atoms with van der Waals surface area (Å²) in [4.78, 5) is 4.76. The van der Waals surface area contributed by atoms with E-state index in [2.05, 4.69) is 6.07 Å². The van der Waals surface area contributed by atoms with Crippen LogP contribution in [0.4, 0.5) is 0 Å². The summed E-state index contributed by atoms with van der Waals surface area (Å²) >= 11 is 0. The molecule has 0 amide bonds. The van der Waals surface area contributed by atoms with Gasteiger partial charge in [0.15, 0.2) is 0 Å². The second-order valence-electron chi connectivity index (χ2n) is 6.34. The fourth-order valence-electron chi connectivity index (χ4n) is 3.29. The molecule has 130 valence electrons. The normalized spacial score (nSPS) is 11.2. The highest BCUT2D eigenvalue weighted by Gasteiger charge is 2.10. The number of aryl methyl sites for hydroxylation is 1. The molecule has 0 fully saturated rings. The molecule has 0 aliphatic heterocycles. The van der Waals surface area contributed by atoms with Gasteiger partial charge in [0.1, 0.15) is 0 Å². The molecule has 0 unspecified atom stereocenters. The van der Waals surface area contributed by atoms with Gasteiger partial charge in [-0.25, -0.2) is 0 Å². The third-order valence-corrected chi connectivity index (χ3v) is 4.70. The van der Waals surface area contributed by atoms with Gasteiger partial charge in [-0.05, 0) is 59.3 Å². The van der Waals surface area contributed by atoms with E-state index in [-0.39, 0.29) is 13.2 Å². The van der Waals surface area contributed by atoms with Gasteiger partial charge in [-0.1, -0.05) is 18.2 Å². The van der Waals surface area contributed by atoms with E-state index in [1.54, 1.807) is 12.5 Å². The Balaban J connectivity index is 1.86. The zero-order chi connectivity index (χ0) is 18.1. The summed E-state index contributed by atoms with van der Waals surface area (Å²) in [6, 6.07) is 16.0. The van der Waals surface area contributed by atoms with E-state index >= 15 is 0 Å². The minimum atomic E-state index is -0.0987. The van der Waals surface area contributed by atoms with Crippen molar-refractivity contribution in [2.75, 3.05) is 0 Å². The van der Waals surface area contributed by atoms with Gasteiger partial charge in [-0.2, -0.15) is 0 Å². The number of pyridine rings is 1. The molecule has 0 aliphatic rings. The molecule has 2 aromatic carbocycles. The van der Waals surface area contributed by atoms with Crippen molar-refractivity contribution in [1.82, 2.24) is 4.98 Å². The van der Waals surface area contributed by atoms with E-state index in [0.717, 1.165) is 50.0 Å². The summed E-state index contributed by atoms with van der Waals surface area (Å²) in [6.45, 7) is 1.77. The average Bonchev–Trinajstić information content (AvgIpc) is 3.22. The van der Waals surface area contributed by atoms with Crippen molar-refractivity contribution in [3.8, 4) is 22.4 Å². The van der Waals surface area contributed by atoms with Crippen molar-refractivity contribution in [3.63, 3.8) is 0 Å². The van der Waals surface area contributed by atoms with Crippen LogP contribution in [0.15, 0.2) is 65.5 Å². The Kier molecular flexibility index (Phi) is 4.29. The molecule has 0 bridgehead atoms. The van der Waals surface area contributed by atoms with E-state index in [1.165, 1.54) is 0 Å². The van der Waals surface area contributed by atoms with Crippen LogP contribution in [0.2, 0.25) is 0 Å². The third-order valence-electron chi connectivity index (χ3n) is 4.70. The first-order chi connectivity index (χ1) is 12.7. The number of hydrogen-bond acceptors (Lipinski definition) is 4. The largest absolute Gasteiger partial charge is 0.472 e. The molecule has 4 heteroatoms. The summed E-state index contributed by atoms with van der Waals surface area (Å²) < 4.78 is 5.18. The van der Waals surface area contributed by atoms with Crippen molar-refractivity contribution < 1.29 is 14.6 Å². The zero-order valence-corrected chi connectivity index (χ0v) is 14.4. The van der Waals surface area contributed by atoms with Gasteiger partial charge in [-0.3, -0.25) is 4.98 Å². The fourth-order valence-corrected chi connectivity index (χ4v) is 3.29. The number of aliphatic hydroxyl groups excluding tert-OH is 2. The molecule has 0 saturated heterocycles. The number of aliphatic hydroxyl groups is 2. The van der Waals surface area contributed by atoms with Crippen LogP contribution in [-0.4, -0.2) is 15.2 Å². The van der Waals surface area contributed by atoms with E-state index in [0.29, 0.717) is 0 Å². The fraction of sp³-hybridized carbons (Fsp3) is 0.136. The maximum Gasteiger partial charge on any atom is 0.0980 e. The molecule has 0 aliphatic carbocycles. The van der Waals surface area contributed by atoms with Crippen molar-refractivity contribution in [2.24, 2.45) is 0 Å². The lowest BCUT2D eigenvalue weighted by atomic mass is 9.98. The molecule has 2 N–H and O–H groups in total. The second kappa shape index (κ2) is 6.75. The first kappa shape index (κ1) is 16.5. The maximum atomic E-state index is 9.57. The summed E-state index contributed by atoms with van der Waals surface area (Å²) in [5.74, 6) is 0. The quantitative estimate of drug-likeness (QED) is 0.573. The van der Waals surface area contributed by atoms with Crippen LogP contribution >= 0.6 is 0 Å². The number of fused-ring (bicyclic) bond motifs is 1. The summed E-state index contributed by atoms with van der Waals surface area (Å²) in [5.41, 5.74) is 6.36. The Labute approximate surface area is 151 Å². The Hall–Kier alpha value is -2.95. The predicted molar refractivity (Wildman–Crippen MR) is 101 cm³/mol. The molecule has 2 aromatic heterocycles.